The number of rotatable bonds is 3. The van der Waals surface area contributed by atoms with E-state index in [1.165, 1.54) is 12.8 Å². The molecule has 2 aromatic heterocycles. The van der Waals surface area contributed by atoms with Gasteiger partial charge >= 0.3 is 12.1 Å². The molecule has 12 heteroatoms. The molecule has 2 unspecified atom stereocenters. The molecule has 0 radical (unpaired) electrons. The molecule has 1 aromatic carbocycles. The van der Waals surface area contributed by atoms with Gasteiger partial charge in [0.15, 0.2) is 0 Å². The highest BCUT2D eigenvalue weighted by molar-refractivity contribution is 6.04. The minimum absolute atomic E-state index is 0.283. The number of piperazine rings is 1. The van der Waals surface area contributed by atoms with Crippen molar-refractivity contribution in [2.24, 2.45) is 0 Å². The summed E-state index contributed by atoms with van der Waals surface area (Å²) in [7, 11) is 0. The van der Waals surface area contributed by atoms with Crippen molar-refractivity contribution in [2.45, 2.75) is 31.1 Å². The number of carboxylic acid groups (broad SMARTS) is 1. The molecule has 3 fully saturated rings. The summed E-state index contributed by atoms with van der Waals surface area (Å²) in [5.41, 5.74) is 2.25. The Labute approximate surface area is 197 Å². The van der Waals surface area contributed by atoms with Crippen LogP contribution in [0.2, 0.25) is 0 Å². The third-order valence-electron chi connectivity index (χ3n) is 5.90. The number of hydrogen-bond acceptors (Lipinski definition) is 6. The molecule has 1 amide bonds. The number of fused-ring (bicyclic) bond motifs is 4. The Balaban J connectivity index is 0.000000364. The Morgan fingerprint density at radius 2 is 1.86 bits per heavy atom. The molecule has 9 nitrogen and oxygen atoms in total. The third-order valence-corrected chi connectivity index (χ3v) is 5.90. The first kappa shape index (κ1) is 24.0. The van der Waals surface area contributed by atoms with Crippen LogP contribution < -0.4 is 15.5 Å². The van der Waals surface area contributed by atoms with Crippen molar-refractivity contribution in [1.29, 1.82) is 5.26 Å². The van der Waals surface area contributed by atoms with E-state index in [0.717, 1.165) is 24.4 Å². The maximum absolute atomic E-state index is 12.9. The van der Waals surface area contributed by atoms with Gasteiger partial charge in [-0.1, -0.05) is 12.1 Å². The summed E-state index contributed by atoms with van der Waals surface area (Å²) in [6.07, 6.45) is -2.71. The number of amides is 1. The predicted molar refractivity (Wildman–Crippen MR) is 120 cm³/mol. The smallest absolute Gasteiger partial charge is 0.475 e. The number of para-hydroxylation sites is 1. The Bertz CT molecular complexity index is 1290. The minimum Gasteiger partial charge on any atom is -0.475 e. The van der Waals surface area contributed by atoms with Crippen LogP contribution in [0.25, 0.3) is 5.52 Å². The number of nitrogens with one attached hydrogen (secondary N) is 2. The average Bonchev–Trinajstić information content (AvgIpc) is 3.28. The molecule has 182 valence electrons. The number of aliphatic carboxylic acids is 1. The molecular weight excluding hydrogens is 465 g/mol. The van der Waals surface area contributed by atoms with Gasteiger partial charge in [0.25, 0.3) is 5.91 Å². The standard InChI is InChI=1S/C21H20N6O.C2HF3O2/c22-11-14-3-1-2-4-18(14)24-21(28)19-9-7-16-8-10-20(25-27(16)19)26-13-15-5-6-17(26)12-23-15;3-2(4,5)1(6)7/h1-4,7-10,15,17,23H,5-6,12-13H2,(H,24,28);(H,6,7). The zero-order valence-electron chi connectivity index (χ0n) is 18.3. The van der Waals surface area contributed by atoms with Crippen LogP contribution in [-0.4, -0.2) is 57.9 Å². The minimum atomic E-state index is -5.08. The van der Waals surface area contributed by atoms with Crippen LogP contribution in [0.1, 0.15) is 28.9 Å². The van der Waals surface area contributed by atoms with Crippen molar-refractivity contribution < 1.29 is 27.9 Å². The van der Waals surface area contributed by atoms with E-state index in [0.29, 0.717) is 29.0 Å². The van der Waals surface area contributed by atoms with Gasteiger partial charge in [0.1, 0.15) is 17.6 Å². The van der Waals surface area contributed by atoms with Crippen LogP contribution in [0.4, 0.5) is 24.7 Å². The number of piperidine rings is 2. The molecule has 0 saturated carbocycles. The molecule has 0 spiro atoms. The van der Waals surface area contributed by atoms with Gasteiger partial charge in [-0.2, -0.15) is 18.4 Å². The highest BCUT2D eigenvalue weighted by Gasteiger charge is 2.38. The zero-order valence-corrected chi connectivity index (χ0v) is 18.3. The van der Waals surface area contributed by atoms with Gasteiger partial charge in [-0.05, 0) is 49.2 Å². The van der Waals surface area contributed by atoms with Gasteiger partial charge in [-0.25, -0.2) is 9.31 Å². The lowest BCUT2D eigenvalue weighted by Gasteiger charge is -2.46. The number of nitrogens with zero attached hydrogens (tertiary/aromatic N) is 4. The summed E-state index contributed by atoms with van der Waals surface area (Å²) in [6, 6.07) is 17.7. The number of anilines is 2. The summed E-state index contributed by atoms with van der Waals surface area (Å²) in [4.78, 5) is 24.1. The second-order valence-electron chi connectivity index (χ2n) is 8.15. The summed E-state index contributed by atoms with van der Waals surface area (Å²) in [5, 5.41) is 27.5. The van der Waals surface area contributed by atoms with Gasteiger partial charge in [0.05, 0.1) is 16.8 Å². The van der Waals surface area contributed by atoms with Crippen LogP contribution >= 0.6 is 0 Å². The first-order valence-electron chi connectivity index (χ1n) is 10.8. The predicted octanol–water partition coefficient (Wildman–Crippen LogP) is 3.03. The maximum Gasteiger partial charge on any atom is 0.490 e. The van der Waals surface area contributed by atoms with Gasteiger partial charge in [0, 0.05) is 25.2 Å². The van der Waals surface area contributed by atoms with Crippen LogP contribution in [-0.2, 0) is 4.79 Å². The highest BCUT2D eigenvalue weighted by Crippen LogP contribution is 2.27. The fraction of sp³-hybridized carbons (Fsp3) is 0.304. The van der Waals surface area contributed by atoms with Crippen molar-refractivity contribution in [2.75, 3.05) is 23.3 Å². The van der Waals surface area contributed by atoms with Crippen molar-refractivity contribution in [3.63, 3.8) is 0 Å². The Morgan fingerprint density at radius 3 is 2.46 bits per heavy atom. The Hall–Kier alpha value is -4.11. The second-order valence-corrected chi connectivity index (χ2v) is 8.15. The van der Waals surface area contributed by atoms with E-state index in [2.05, 4.69) is 21.6 Å². The molecule has 6 rings (SSSR count). The largest absolute Gasteiger partial charge is 0.490 e. The van der Waals surface area contributed by atoms with E-state index in [9.17, 15) is 23.2 Å². The summed E-state index contributed by atoms with van der Waals surface area (Å²) in [6.45, 7) is 1.93. The van der Waals surface area contributed by atoms with Gasteiger partial charge < -0.3 is 20.6 Å². The Morgan fingerprint density at radius 1 is 1.14 bits per heavy atom. The second kappa shape index (κ2) is 9.63. The number of carboxylic acids is 1. The number of carbonyl (C=O) groups is 2. The van der Waals surface area contributed by atoms with Gasteiger partial charge in [0.2, 0.25) is 0 Å². The van der Waals surface area contributed by atoms with Gasteiger partial charge in [-0.3, -0.25) is 4.79 Å². The van der Waals surface area contributed by atoms with Gasteiger partial charge in [-0.15, -0.1) is 5.10 Å². The number of nitriles is 1. The molecule has 35 heavy (non-hydrogen) atoms. The SMILES string of the molecule is N#Cc1ccccc1NC(=O)c1ccc2ccc(N3CC4CCC3CN4)nn12.O=C(O)C(F)(F)F. The van der Waals surface area contributed by atoms with E-state index >= 15 is 0 Å². The summed E-state index contributed by atoms with van der Waals surface area (Å²) in [5.74, 6) is -2.15. The number of halogens is 3. The lowest BCUT2D eigenvalue weighted by Crippen LogP contribution is -2.61. The summed E-state index contributed by atoms with van der Waals surface area (Å²) >= 11 is 0. The van der Waals surface area contributed by atoms with E-state index in [1.54, 1.807) is 34.8 Å². The molecule has 0 aliphatic carbocycles. The van der Waals surface area contributed by atoms with Crippen LogP contribution in [0, 0.1) is 11.3 Å². The molecule has 3 aliphatic heterocycles. The van der Waals surface area contributed by atoms with Crippen molar-refractivity contribution in [1.82, 2.24) is 14.9 Å². The van der Waals surface area contributed by atoms with Crippen LogP contribution in [0.3, 0.4) is 0 Å². The van der Waals surface area contributed by atoms with E-state index in [4.69, 9.17) is 15.0 Å². The average molecular weight is 486 g/mol. The van der Waals surface area contributed by atoms with Crippen molar-refractivity contribution in [3.8, 4) is 6.07 Å². The molecule has 3 saturated heterocycles. The topological polar surface area (TPSA) is 123 Å². The van der Waals surface area contributed by atoms with E-state index < -0.39 is 12.1 Å². The highest BCUT2D eigenvalue weighted by atomic mass is 19.4. The van der Waals surface area contributed by atoms with E-state index in [-0.39, 0.29) is 5.91 Å². The fourth-order valence-electron chi connectivity index (χ4n) is 4.17. The maximum atomic E-state index is 12.9. The summed E-state index contributed by atoms with van der Waals surface area (Å²) < 4.78 is 33.4. The van der Waals surface area contributed by atoms with Crippen LogP contribution in [0.15, 0.2) is 48.5 Å². The molecule has 2 bridgehead atoms. The number of aromatic nitrogens is 2. The molecule has 2 atom stereocenters. The third kappa shape index (κ3) is 5.20. The number of carbonyl (C=O) groups excluding carboxylic acids is 1. The monoisotopic (exact) mass is 486 g/mol. The lowest BCUT2D eigenvalue weighted by atomic mass is 9.93. The number of benzene rings is 1. The fourth-order valence-corrected chi connectivity index (χ4v) is 4.17. The molecular formula is C23H21F3N6O3. The van der Waals surface area contributed by atoms with Crippen molar-refractivity contribution >= 4 is 28.9 Å². The lowest BCUT2D eigenvalue weighted by molar-refractivity contribution is -0.192. The normalized spacial score (nSPS) is 19.0. The quantitative estimate of drug-likeness (QED) is 0.520. The molecule has 5 heterocycles. The Kier molecular flexibility index (Phi) is 6.61. The first-order valence-corrected chi connectivity index (χ1v) is 10.8. The number of hydrogen-bond donors (Lipinski definition) is 3. The molecule has 3 aliphatic rings. The molecule has 3 N–H and O–H groups in total. The van der Waals surface area contributed by atoms with Crippen LogP contribution in [0.5, 0.6) is 0 Å². The van der Waals surface area contributed by atoms with E-state index in [1.807, 2.05) is 18.2 Å². The first-order chi connectivity index (χ1) is 16.7. The molecule has 3 aromatic rings. The zero-order chi connectivity index (χ0) is 25.2. The number of alkyl halides is 3. The van der Waals surface area contributed by atoms with Crippen molar-refractivity contribution in [3.05, 3.63) is 59.8 Å².